The number of nitrogens with zero attached hydrogens (tertiary/aromatic N) is 4. The van der Waals surface area contributed by atoms with Gasteiger partial charge in [-0.25, -0.2) is 14.6 Å². The number of carbonyl (C=O) groups is 1. The van der Waals surface area contributed by atoms with E-state index in [9.17, 15) is 4.79 Å². The summed E-state index contributed by atoms with van der Waals surface area (Å²) in [5, 5.41) is 5.16. The van der Waals surface area contributed by atoms with E-state index < -0.39 is 0 Å². The molecular weight excluding hydrogens is 368 g/mol. The van der Waals surface area contributed by atoms with Crippen LogP contribution in [0.3, 0.4) is 0 Å². The molecular formula is C21H20N6O2. The zero-order chi connectivity index (χ0) is 20.4. The highest BCUT2D eigenvalue weighted by Crippen LogP contribution is 2.23. The first-order valence-electron chi connectivity index (χ1n) is 9.04. The highest BCUT2D eigenvalue weighted by molar-refractivity contribution is 5.98. The Hall–Kier alpha value is -3.94. The maximum Gasteiger partial charge on any atom is 0.273 e. The van der Waals surface area contributed by atoms with Crippen LogP contribution < -0.4 is 15.6 Å². The van der Waals surface area contributed by atoms with E-state index in [1.54, 1.807) is 35.1 Å². The van der Waals surface area contributed by atoms with E-state index in [0.717, 1.165) is 11.3 Å². The largest absolute Gasteiger partial charge is 0.496 e. The van der Waals surface area contributed by atoms with Gasteiger partial charge in [0.1, 0.15) is 12.1 Å². The number of rotatable bonds is 5. The van der Waals surface area contributed by atoms with Crippen LogP contribution >= 0.6 is 0 Å². The van der Waals surface area contributed by atoms with E-state index in [1.807, 2.05) is 26.0 Å². The third-order valence-electron chi connectivity index (χ3n) is 4.59. The van der Waals surface area contributed by atoms with Gasteiger partial charge in [-0.05, 0) is 37.6 Å². The second-order valence-corrected chi connectivity index (χ2v) is 6.59. The van der Waals surface area contributed by atoms with Crippen molar-refractivity contribution < 1.29 is 9.53 Å². The van der Waals surface area contributed by atoms with Gasteiger partial charge in [-0.15, -0.1) is 0 Å². The first kappa shape index (κ1) is 18.4. The lowest BCUT2D eigenvalue weighted by Gasteiger charge is -2.11. The molecule has 2 aromatic heterocycles. The highest BCUT2D eigenvalue weighted by Gasteiger charge is 2.15. The number of aromatic nitrogens is 4. The van der Waals surface area contributed by atoms with Crippen LogP contribution in [0, 0.1) is 13.8 Å². The molecule has 0 saturated heterocycles. The molecule has 4 rings (SSSR count). The average molecular weight is 388 g/mol. The number of para-hydroxylation sites is 1. The van der Waals surface area contributed by atoms with Crippen LogP contribution in [-0.4, -0.2) is 32.8 Å². The molecule has 0 spiro atoms. The number of fused-ring (bicyclic) bond motifs is 1. The zero-order valence-corrected chi connectivity index (χ0v) is 16.3. The number of hydrogen-bond acceptors (Lipinski definition) is 6. The fourth-order valence-corrected chi connectivity index (χ4v) is 3.18. The summed E-state index contributed by atoms with van der Waals surface area (Å²) >= 11 is 0. The number of methoxy groups -OCH3 is 1. The Labute approximate surface area is 167 Å². The van der Waals surface area contributed by atoms with E-state index in [0.29, 0.717) is 28.2 Å². The monoisotopic (exact) mass is 388 g/mol. The van der Waals surface area contributed by atoms with Gasteiger partial charge in [0.2, 0.25) is 0 Å². The third-order valence-corrected chi connectivity index (χ3v) is 4.59. The molecule has 2 N–H and O–H groups in total. The molecule has 0 saturated carbocycles. The van der Waals surface area contributed by atoms with Gasteiger partial charge >= 0.3 is 0 Å². The van der Waals surface area contributed by atoms with E-state index in [4.69, 9.17) is 4.74 Å². The molecule has 146 valence electrons. The number of amides is 1. The van der Waals surface area contributed by atoms with Gasteiger partial charge in [0, 0.05) is 0 Å². The molecule has 1 amide bonds. The molecule has 0 aliphatic carbocycles. The predicted octanol–water partition coefficient (Wildman–Crippen LogP) is 3.20. The van der Waals surface area contributed by atoms with Crippen molar-refractivity contribution >= 4 is 22.8 Å². The molecule has 2 heterocycles. The minimum Gasteiger partial charge on any atom is -0.496 e. The fraction of sp³-hybridized carbons (Fsp3) is 0.143. The van der Waals surface area contributed by atoms with Gasteiger partial charge in [-0.1, -0.05) is 29.8 Å². The Kier molecular flexibility index (Phi) is 4.82. The van der Waals surface area contributed by atoms with E-state index >= 15 is 0 Å². The summed E-state index contributed by atoms with van der Waals surface area (Å²) in [5.74, 6) is 0.604. The van der Waals surface area contributed by atoms with Crippen LogP contribution in [0.1, 0.15) is 21.5 Å². The smallest absolute Gasteiger partial charge is 0.273 e. The molecule has 0 fully saturated rings. The van der Waals surface area contributed by atoms with Crippen LogP contribution in [0.5, 0.6) is 5.75 Å². The minimum atomic E-state index is -0.337. The summed E-state index contributed by atoms with van der Waals surface area (Å²) in [6.07, 6.45) is 3.11. The van der Waals surface area contributed by atoms with Crippen molar-refractivity contribution in [3.8, 4) is 11.4 Å². The second-order valence-electron chi connectivity index (χ2n) is 6.59. The first-order valence-corrected chi connectivity index (χ1v) is 9.04. The maximum absolute atomic E-state index is 12.5. The van der Waals surface area contributed by atoms with Crippen LogP contribution in [0.15, 0.2) is 55.0 Å². The molecule has 2 aromatic carbocycles. The van der Waals surface area contributed by atoms with Crippen molar-refractivity contribution in [2.45, 2.75) is 13.8 Å². The molecule has 8 heteroatoms. The SMILES string of the molecule is COc1ccccc1C(=O)NNc1ncnc2c1cnn2-c1ccc(C)cc1C. The Balaban J connectivity index is 1.62. The molecule has 8 nitrogen and oxygen atoms in total. The van der Waals surface area contributed by atoms with Gasteiger partial charge in [0.25, 0.3) is 5.91 Å². The van der Waals surface area contributed by atoms with Crippen LogP contribution in [-0.2, 0) is 0 Å². The minimum absolute atomic E-state index is 0.337. The van der Waals surface area contributed by atoms with E-state index in [1.165, 1.54) is 19.0 Å². The lowest BCUT2D eigenvalue weighted by molar-refractivity contribution is 0.0959. The van der Waals surface area contributed by atoms with Gasteiger partial charge in [-0.2, -0.15) is 5.10 Å². The van der Waals surface area contributed by atoms with Crippen LogP contribution in [0.4, 0.5) is 5.82 Å². The third kappa shape index (κ3) is 3.47. The molecule has 0 radical (unpaired) electrons. The molecule has 0 aliphatic heterocycles. The Morgan fingerprint density at radius 2 is 1.93 bits per heavy atom. The van der Waals surface area contributed by atoms with Gasteiger partial charge in [-0.3, -0.25) is 15.6 Å². The van der Waals surface area contributed by atoms with Crippen molar-refractivity contribution in [1.82, 2.24) is 25.2 Å². The van der Waals surface area contributed by atoms with Crippen LogP contribution in [0.25, 0.3) is 16.7 Å². The normalized spacial score (nSPS) is 10.7. The highest BCUT2D eigenvalue weighted by atomic mass is 16.5. The molecule has 0 atom stereocenters. The van der Waals surface area contributed by atoms with E-state index in [-0.39, 0.29) is 5.91 Å². The van der Waals surface area contributed by atoms with E-state index in [2.05, 4.69) is 32.0 Å². The number of aryl methyl sites for hydroxylation is 2. The summed E-state index contributed by atoms with van der Waals surface area (Å²) in [6, 6.07) is 13.1. The summed E-state index contributed by atoms with van der Waals surface area (Å²) in [5.41, 5.74) is 9.78. The van der Waals surface area contributed by atoms with Crippen molar-refractivity contribution in [3.05, 3.63) is 71.7 Å². The topological polar surface area (TPSA) is 94.0 Å². The summed E-state index contributed by atoms with van der Waals surface area (Å²) < 4.78 is 7.00. The molecule has 4 aromatic rings. The Bertz CT molecular complexity index is 1200. The number of carbonyl (C=O) groups excluding carboxylic acids is 1. The Morgan fingerprint density at radius 3 is 2.72 bits per heavy atom. The number of nitrogens with one attached hydrogen (secondary N) is 2. The predicted molar refractivity (Wildman–Crippen MR) is 110 cm³/mol. The van der Waals surface area contributed by atoms with Crippen molar-refractivity contribution in [1.29, 1.82) is 0 Å². The summed E-state index contributed by atoms with van der Waals surface area (Å²) in [4.78, 5) is 21.1. The standard InChI is InChI=1S/C21H20N6O2/c1-13-8-9-17(14(2)10-13)27-20-16(11-24-27)19(22-12-23-20)25-26-21(28)15-6-4-5-7-18(15)29-3/h4-12H,1-3H3,(H,26,28)(H,22,23,25). The second kappa shape index (κ2) is 7.59. The quantitative estimate of drug-likeness (QED) is 0.510. The lowest BCUT2D eigenvalue weighted by atomic mass is 10.1. The fourth-order valence-electron chi connectivity index (χ4n) is 3.18. The van der Waals surface area contributed by atoms with Crippen molar-refractivity contribution in [2.24, 2.45) is 0 Å². The first-order chi connectivity index (χ1) is 14.1. The molecule has 29 heavy (non-hydrogen) atoms. The molecule has 0 unspecified atom stereocenters. The van der Waals surface area contributed by atoms with Crippen molar-refractivity contribution in [2.75, 3.05) is 12.5 Å². The lowest BCUT2D eigenvalue weighted by Crippen LogP contribution is -2.30. The van der Waals surface area contributed by atoms with Crippen LogP contribution in [0.2, 0.25) is 0 Å². The maximum atomic E-state index is 12.5. The number of hydrazine groups is 1. The van der Waals surface area contributed by atoms with Crippen molar-refractivity contribution in [3.63, 3.8) is 0 Å². The number of benzene rings is 2. The number of hydrogen-bond donors (Lipinski definition) is 2. The van der Waals surface area contributed by atoms with Gasteiger partial charge < -0.3 is 4.74 Å². The molecule has 0 aliphatic rings. The summed E-state index contributed by atoms with van der Waals surface area (Å²) in [7, 11) is 1.52. The Morgan fingerprint density at radius 1 is 1.10 bits per heavy atom. The number of anilines is 1. The van der Waals surface area contributed by atoms with Gasteiger partial charge in [0.15, 0.2) is 11.5 Å². The molecule has 0 bridgehead atoms. The average Bonchev–Trinajstić information content (AvgIpc) is 3.16. The summed E-state index contributed by atoms with van der Waals surface area (Å²) in [6.45, 7) is 4.08. The number of ether oxygens (including phenoxy) is 1. The van der Waals surface area contributed by atoms with Gasteiger partial charge in [0.05, 0.1) is 29.9 Å². The zero-order valence-electron chi connectivity index (χ0n) is 16.3.